The number of hydrogen-bond acceptors (Lipinski definition) is 7. The molecule has 3 aromatic carbocycles. The van der Waals surface area contributed by atoms with E-state index in [-0.39, 0.29) is 11.3 Å². The first-order valence-corrected chi connectivity index (χ1v) is 11.2. The number of anilines is 1. The van der Waals surface area contributed by atoms with Crippen molar-refractivity contribution >= 4 is 46.0 Å². The Labute approximate surface area is 198 Å². The van der Waals surface area contributed by atoms with Crippen molar-refractivity contribution in [1.29, 1.82) is 0 Å². The molecule has 4 aromatic rings. The van der Waals surface area contributed by atoms with Gasteiger partial charge < -0.3 is 10.3 Å². The number of rotatable bonds is 7. The van der Waals surface area contributed by atoms with Crippen LogP contribution in [0.3, 0.4) is 0 Å². The van der Waals surface area contributed by atoms with E-state index in [0.29, 0.717) is 17.0 Å². The maximum Gasteiger partial charge on any atom is 0.272 e. The van der Waals surface area contributed by atoms with Crippen molar-refractivity contribution in [2.24, 2.45) is 0 Å². The lowest BCUT2D eigenvalue weighted by molar-refractivity contribution is -0.384. The molecular weight excluding hydrogens is 456 g/mol. The molecule has 0 saturated carbocycles. The van der Waals surface area contributed by atoms with Crippen LogP contribution in [0.2, 0.25) is 0 Å². The lowest BCUT2D eigenvalue weighted by Gasteiger charge is -2.11. The van der Waals surface area contributed by atoms with Crippen LogP contribution in [0.15, 0.2) is 71.9 Å². The molecule has 172 valence electrons. The summed E-state index contributed by atoms with van der Waals surface area (Å²) in [5.74, 6) is -0.528. The lowest BCUT2D eigenvalue weighted by atomic mass is 10.1. The average molecular weight is 477 g/mol. The van der Waals surface area contributed by atoms with Gasteiger partial charge in [0.25, 0.3) is 17.5 Å². The Balaban J connectivity index is 1.34. The zero-order chi connectivity index (χ0) is 24.1. The number of nitrogens with zero attached hydrogens (tertiary/aromatic N) is 2. The Kier molecular flexibility index (Phi) is 6.74. The number of imidazole rings is 1. The van der Waals surface area contributed by atoms with E-state index < -0.39 is 16.7 Å². The highest BCUT2D eigenvalue weighted by Crippen LogP contribution is 2.23. The molecule has 1 aromatic heterocycles. The van der Waals surface area contributed by atoms with Gasteiger partial charge in [0.05, 0.1) is 21.5 Å². The predicted molar refractivity (Wildman–Crippen MR) is 130 cm³/mol. The van der Waals surface area contributed by atoms with Crippen LogP contribution in [0.5, 0.6) is 0 Å². The summed E-state index contributed by atoms with van der Waals surface area (Å²) in [5.41, 5.74) is 8.07. The van der Waals surface area contributed by atoms with Crippen molar-refractivity contribution in [3.05, 3.63) is 93.5 Å². The SMILES string of the molecule is CNc1ccc([N+](=O)[O-])cc1C(=O)NNC(=O)c1ccc(CSc2nc3ccccc3[nH]2)cc1. The summed E-state index contributed by atoms with van der Waals surface area (Å²) in [7, 11) is 1.59. The molecule has 1 heterocycles. The Bertz CT molecular complexity index is 1340. The fraction of sp³-hybridized carbons (Fsp3) is 0.0870. The van der Waals surface area contributed by atoms with Crippen LogP contribution < -0.4 is 16.2 Å². The molecule has 0 unspecified atom stereocenters. The molecular formula is C23H20N6O4S. The lowest BCUT2D eigenvalue weighted by Crippen LogP contribution is -2.41. The van der Waals surface area contributed by atoms with E-state index in [1.54, 1.807) is 30.9 Å². The number of carbonyl (C=O) groups is 2. The second-order valence-corrected chi connectivity index (χ2v) is 8.15. The minimum atomic E-state index is -0.680. The van der Waals surface area contributed by atoms with Crippen LogP contribution >= 0.6 is 11.8 Å². The highest BCUT2D eigenvalue weighted by atomic mass is 32.2. The smallest absolute Gasteiger partial charge is 0.272 e. The number of benzene rings is 3. The molecule has 11 heteroatoms. The van der Waals surface area contributed by atoms with Gasteiger partial charge in [-0.05, 0) is 35.9 Å². The number of thioether (sulfide) groups is 1. The molecule has 0 saturated heterocycles. The van der Waals surface area contributed by atoms with Crippen molar-refractivity contribution in [3.63, 3.8) is 0 Å². The third-order valence-corrected chi connectivity index (χ3v) is 5.92. The first-order valence-electron chi connectivity index (χ1n) is 10.2. The molecule has 4 N–H and O–H groups in total. The third-order valence-electron chi connectivity index (χ3n) is 4.98. The van der Waals surface area contributed by atoms with Gasteiger partial charge >= 0.3 is 0 Å². The summed E-state index contributed by atoms with van der Waals surface area (Å²) in [5, 5.41) is 14.6. The number of para-hydroxylation sites is 2. The monoisotopic (exact) mass is 476 g/mol. The number of hydrogen-bond donors (Lipinski definition) is 4. The number of aromatic nitrogens is 2. The van der Waals surface area contributed by atoms with Crippen LogP contribution in [-0.4, -0.2) is 33.8 Å². The molecule has 0 atom stereocenters. The second kappa shape index (κ2) is 10.0. The molecule has 0 bridgehead atoms. The topological polar surface area (TPSA) is 142 Å². The highest BCUT2D eigenvalue weighted by molar-refractivity contribution is 7.98. The van der Waals surface area contributed by atoms with Gasteiger partial charge in [0.15, 0.2) is 5.16 Å². The number of nitro groups is 1. The van der Waals surface area contributed by atoms with Gasteiger partial charge in [0, 0.05) is 36.2 Å². The largest absolute Gasteiger partial charge is 0.387 e. The first kappa shape index (κ1) is 22.8. The van der Waals surface area contributed by atoms with Gasteiger partial charge in [-0.15, -0.1) is 0 Å². The van der Waals surface area contributed by atoms with E-state index in [2.05, 4.69) is 26.1 Å². The van der Waals surface area contributed by atoms with Crippen LogP contribution in [0, 0.1) is 10.1 Å². The molecule has 10 nitrogen and oxygen atoms in total. The van der Waals surface area contributed by atoms with E-state index in [0.717, 1.165) is 27.8 Å². The number of nitro benzene ring substituents is 1. The molecule has 0 aliphatic carbocycles. The minimum absolute atomic E-state index is 0.0370. The number of non-ortho nitro benzene ring substituents is 1. The number of amides is 2. The van der Waals surface area contributed by atoms with Crippen LogP contribution in [-0.2, 0) is 5.75 Å². The summed E-state index contributed by atoms with van der Waals surface area (Å²) in [6, 6.07) is 18.6. The van der Waals surface area contributed by atoms with E-state index in [1.165, 1.54) is 12.1 Å². The number of nitrogens with one attached hydrogen (secondary N) is 4. The fourth-order valence-electron chi connectivity index (χ4n) is 3.21. The maximum atomic E-state index is 12.5. The average Bonchev–Trinajstić information content (AvgIpc) is 3.28. The van der Waals surface area contributed by atoms with Crippen molar-refractivity contribution in [2.45, 2.75) is 10.9 Å². The van der Waals surface area contributed by atoms with E-state index in [9.17, 15) is 19.7 Å². The van der Waals surface area contributed by atoms with Gasteiger partial charge in [0.1, 0.15) is 0 Å². The quantitative estimate of drug-likeness (QED) is 0.180. The van der Waals surface area contributed by atoms with Gasteiger partial charge in [-0.3, -0.25) is 30.6 Å². The van der Waals surface area contributed by atoms with Crippen molar-refractivity contribution in [1.82, 2.24) is 20.8 Å². The Hall–Kier alpha value is -4.38. The van der Waals surface area contributed by atoms with E-state index in [1.807, 2.05) is 36.4 Å². The molecule has 0 radical (unpaired) electrons. The Morgan fingerprint density at radius 1 is 1.03 bits per heavy atom. The Morgan fingerprint density at radius 3 is 2.47 bits per heavy atom. The van der Waals surface area contributed by atoms with Gasteiger partial charge in [-0.1, -0.05) is 36.0 Å². The number of carbonyl (C=O) groups excluding carboxylic acids is 2. The molecule has 34 heavy (non-hydrogen) atoms. The summed E-state index contributed by atoms with van der Waals surface area (Å²) in [4.78, 5) is 43.1. The number of H-pyrrole nitrogens is 1. The van der Waals surface area contributed by atoms with Gasteiger partial charge in [0.2, 0.25) is 0 Å². The molecule has 2 amide bonds. The minimum Gasteiger partial charge on any atom is -0.387 e. The first-order chi connectivity index (χ1) is 16.4. The molecule has 0 aliphatic rings. The van der Waals surface area contributed by atoms with Gasteiger partial charge in [-0.2, -0.15) is 0 Å². The number of aromatic amines is 1. The van der Waals surface area contributed by atoms with E-state index >= 15 is 0 Å². The molecule has 0 spiro atoms. The summed E-state index contributed by atoms with van der Waals surface area (Å²) in [6.45, 7) is 0. The normalized spacial score (nSPS) is 10.6. The molecule has 0 aliphatic heterocycles. The summed E-state index contributed by atoms with van der Waals surface area (Å²) >= 11 is 1.55. The van der Waals surface area contributed by atoms with Crippen molar-refractivity contribution < 1.29 is 14.5 Å². The predicted octanol–water partition coefficient (Wildman–Crippen LogP) is 3.88. The maximum absolute atomic E-state index is 12.5. The fourth-order valence-corrected chi connectivity index (χ4v) is 4.05. The van der Waals surface area contributed by atoms with Crippen molar-refractivity contribution in [2.75, 3.05) is 12.4 Å². The standard InChI is InChI=1S/C23H20N6O4S/c1-24-18-11-10-16(29(32)33)12-17(18)22(31)28-27-21(30)15-8-6-14(7-9-15)13-34-23-25-19-4-2-3-5-20(19)26-23/h2-12,24H,13H2,1H3,(H,25,26)(H,27,30)(H,28,31). The summed E-state index contributed by atoms with van der Waals surface area (Å²) in [6.07, 6.45) is 0. The highest BCUT2D eigenvalue weighted by Gasteiger charge is 2.17. The summed E-state index contributed by atoms with van der Waals surface area (Å²) < 4.78 is 0. The number of fused-ring (bicyclic) bond motifs is 1. The van der Waals surface area contributed by atoms with Crippen LogP contribution in [0.4, 0.5) is 11.4 Å². The zero-order valence-corrected chi connectivity index (χ0v) is 18.8. The van der Waals surface area contributed by atoms with Gasteiger partial charge in [-0.25, -0.2) is 4.98 Å². The Morgan fingerprint density at radius 2 is 1.76 bits per heavy atom. The zero-order valence-electron chi connectivity index (χ0n) is 18.0. The van der Waals surface area contributed by atoms with E-state index in [4.69, 9.17) is 0 Å². The molecule has 4 rings (SSSR count). The second-order valence-electron chi connectivity index (χ2n) is 7.19. The van der Waals surface area contributed by atoms with Crippen LogP contribution in [0.1, 0.15) is 26.3 Å². The van der Waals surface area contributed by atoms with Crippen molar-refractivity contribution in [3.8, 4) is 0 Å². The third kappa shape index (κ3) is 5.15. The number of hydrazine groups is 1. The van der Waals surface area contributed by atoms with Crippen LogP contribution in [0.25, 0.3) is 11.0 Å². The molecule has 0 fully saturated rings.